The van der Waals surface area contributed by atoms with Crippen LogP contribution in [0, 0.1) is 0 Å². The Morgan fingerprint density at radius 1 is 1.25 bits per heavy atom. The van der Waals surface area contributed by atoms with Gasteiger partial charge in [-0.25, -0.2) is 0 Å². The highest BCUT2D eigenvalue weighted by molar-refractivity contribution is 5.99. The summed E-state index contributed by atoms with van der Waals surface area (Å²) < 4.78 is 1.97. The summed E-state index contributed by atoms with van der Waals surface area (Å²) in [6, 6.07) is 11.1. The maximum Gasteiger partial charge on any atom is 0.246 e. The van der Waals surface area contributed by atoms with E-state index in [0.717, 1.165) is 11.4 Å². The van der Waals surface area contributed by atoms with Gasteiger partial charge in [0, 0.05) is 30.2 Å². The van der Waals surface area contributed by atoms with Crippen molar-refractivity contribution >= 4 is 17.5 Å². The van der Waals surface area contributed by atoms with Gasteiger partial charge in [0.05, 0.1) is 0 Å². The normalized spacial score (nSPS) is 17.8. The predicted molar refractivity (Wildman–Crippen MR) is 75.6 cm³/mol. The number of aromatic nitrogens is 1. The van der Waals surface area contributed by atoms with E-state index >= 15 is 0 Å². The Bertz CT molecular complexity index is 634. The fourth-order valence-corrected chi connectivity index (χ4v) is 2.29. The third-order valence-corrected chi connectivity index (χ3v) is 3.33. The van der Waals surface area contributed by atoms with Gasteiger partial charge in [-0.1, -0.05) is 6.07 Å². The number of carbonyl (C=O) groups excluding carboxylic acids is 2. The van der Waals surface area contributed by atoms with Gasteiger partial charge in [-0.2, -0.15) is 0 Å². The van der Waals surface area contributed by atoms with Crippen LogP contribution in [-0.2, 0) is 9.59 Å². The van der Waals surface area contributed by atoms with Crippen molar-refractivity contribution in [2.45, 2.75) is 18.9 Å². The average Bonchev–Trinajstić information content (AvgIpc) is 3.10. The molecule has 2 amide bonds. The minimum absolute atomic E-state index is 0.0637. The Labute approximate surface area is 116 Å². The van der Waals surface area contributed by atoms with Crippen LogP contribution >= 0.6 is 0 Å². The van der Waals surface area contributed by atoms with Crippen molar-refractivity contribution < 1.29 is 9.59 Å². The van der Waals surface area contributed by atoms with E-state index in [0.29, 0.717) is 12.8 Å². The monoisotopic (exact) mass is 269 g/mol. The van der Waals surface area contributed by atoms with Gasteiger partial charge >= 0.3 is 0 Å². The lowest BCUT2D eigenvalue weighted by molar-refractivity contribution is -0.122. The molecule has 5 heteroatoms. The highest BCUT2D eigenvalue weighted by Crippen LogP contribution is 2.16. The smallest absolute Gasteiger partial charge is 0.246 e. The summed E-state index contributed by atoms with van der Waals surface area (Å²) in [5.74, 6) is -0.230. The standard InChI is InChI=1S/C15H15N3O2/c19-14-7-6-13(17-14)15(20)16-11-4-3-5-12(10-11)18-8-1-2-9-18/h1-5,8-10,13H,6-7H2,(H,16,20)(H,17,19)/t13-/m0/s1. The Balaban J connectivity index is 1.73. The Kier molecular flexibility index (Phi) is 3.25. The zero-order chi connectivity index (χ0) is 13.9. The topological polar surface area (TPSA) is 63.1 Å². The molecule has 0 unspecified atom stereocenters. The molecular weight excluding hydrogens is 254 g/mol. The van der Waals surface area contributed by atoms with Gasteiger partial charge in [-0.3, -0.25) is 9.59 Å². The third-order valence-electron chi connectivity index (χ3n) is 3.33. The molecule has 1 aliphatic rings. The number of hydrogen-bond acceptors (Lipinski definition) is 2. The molecule has 1 aromatic carbocycles. The summed E-state index contributed by atoms with van der Waals surface area (Å²) in [5.41, 5.74) is 1.70. The highest BCUT2D eigenvalue weighted by Gasteiger charge is 2.27. The summed E-state index contributed by atoms with van der Waals surface area (Å²) in [4.78, 5) is 23.2. The van der Waals surface area contributed by atoms with E-state index in [1.807, 2.05) is 53.4 Å². The lowest BCUT2D eigenvalue weighted by atomic mass is 10.2. The molecule has 5 nitrogen and oxygen atoms in total. The molecule has 0 saturated carbocycles. The molecule has 1 aliphatic heterocycles. The first-order chi connectivity index (χ1) is 9.72. The first kappa shape index (κ1) is 12.5. The van der Waals surface area contributed by atoms with Crippen molar-refractivity contribution in [2.75, 3.05) is 5.32 Å². The largest absolute Gasteiger partial charge is 0.344 e. The fourth-order valence-electron chi connectivity index (χ4n) is 2.29. The number of anilines is 1. The number of nitrogens with zero attached hydrogens (tertiary/aromatic N) is 1. The minimum atomic E-state index is -0.419. The molecule has 1 fully saturated rings. The van der Waals surface area contributed by atoms with E-state index < -0.39 is 6.04 Å². The van der Waals surface area contributed by atoms with Gasteiger partial charge in [0.2, 0.25) is 11.8 Å². The summed E-state index contributed by atoms with van der Waals surface area (Å²) in [6.07, 6.45) is 4.86. The molecule has 3 rings (SSSR count). The van der Waals surface area contributed by atoms with Crippen LogP contribution < -0.4 is 10.6 Å². The molecule has 0 radical (unpaired) electrons. The molecule has 2 heterocycles. The summed E-state index contributed by atoms with van der Waals surface area (Å²) in [6.45, 7) is 0. The predicted octanol–water partition coefficient (Wildman–Crippen LogP) is 1.69. The highest BCUT2D eigenvalue weighted by atomic mass is 16.2. The molecule has 2 N–H and O–H groups in total. The minimum Gasteiger partial charge on any atom is -0.344 e. The molecule has 0 spiro atoms. The maximum atomic E-state index is 12.0. The summed E-state index contributed by atoms with van der Waals surface area (Å²) in [5, 5.41) is 5.50. The van der Waals surface area contributed by atoms with Crippen LogP contribution in [0.25, 0.3) is 5.69 Å². The van der Waals surface area contributed by atoms with Gasteiger partial charge in [0.1, 0.15) is 6.04 Å². The van der Waals surface area contributed by atoms with Gasteiger partial charge < -0.3 is 15.2 Å². The molecule has 1 aromatic heterocycles. The Hall–Kier alpha value is -2.56. The summed E-state index contributed by atoms with van der Waals surface area (Å²) in [7, 11) is 0. The molecular formula is C15H15N3O2. The Morgan fingerprint density at radius 2 is 2.05 bits per heavy atom. The van der Waals surface area contributed by atoms with E-state index in [1.54, 1.807) is 0 Å². The van der Waals surface area contributed by atoms with Gasteiger partial charge in [0.25, 0.3) is 0 Å². The second-order valence-electron chi connectivity index (χ2n) is 4.79. The number of benzene rings is 1. The molecule has 20 heavy (non-hydrogen) atoms. The van der Waals surface area contributed by atoms with Crippen molar-refractivity contribution in [2.24, 2.45) is 0 Å². The quantitative estimate of drug-likeness (QED) is 0.890. The van der Waals surface area contributed by atoms with Crippen molar-refractivity contribution in [3.8, 4) is 5.69 Å². The van der Waals surface area contributed by atoms with Gasteiger partial charge in [0.15, 0.2) is 0 Å². The first-order valence-corrected chi connectivity index (χ1v) is 6.56. The molecule has 0 bridgehead atoms. The summed E-state index contributed by atoms with van der Waals surface area (Å²) >= 11 is 0. The van der Waals surface area contributed by atoms with E-state index in [-0.39, 0.29) is 11.8 Å². The van der Waals surface area contributed by atoms with Crippen molar-refractivity contribution in [3.05, 3.63) is 48.8 Å². The third kappa shape index (κ3) is 2.56. The van der Waals surface area contributed by atoms with Crippen LogP contribution in [0.1, 0.15) is 12.8 Å². The molecule has 1 saturated heterocycles. The van der Waals surface area contributed by atoms with E-state index in [4.69, 9.17) is 0 Å². The van der Waals surface area contributed by atoms with Gasteiger partial charge in [-0.05, 0) is 36.8 Å². The van der Waals surface area contributed by atoms with Crippen LogP contribution in [0.3, 0.4) is 0 Å². The van der Waals surface area contributed by atoms with Crippen LogP contribution in [0.15, 0.2) is 48.8 Å². The van der Waals surface area contributed by atoms with Crippen molar-refractivity contribution in [1.29, 1.82) is 0 Å². The maximum absolute atomic E-state index is 12.0. The molecule has 0 aliphatic carbocycles. The van der Waals surface area contributed by atoms with Crippen LogP contribution in [0.2, 0.25) is 0 Å². The van der Waals surface area contributed by atoms with E-state index in [1.165, 1.54) is 0 Å². The lowest BCUT2D eigenvalue weighted by Crippen LogP contribution is -2.37. The lowest BCUT2D eigenvalue weighted by Gasteiger charge is -2.12. The van der Waals surface area contributed by atoms with Crippen molar-refractivity contribution in [3.63, 3.8) is 0 Å². The van der Waals surface area contributed by atoms with Crippen LogP contribution in [-0.4, -0.2) is 22.4 Å². The number of hydrogen-bond donors (Lipinski definition) is 2. The van der Waals surface area contributed by atoms with Gasteiger partial charge in [-0.15, -0.1) is 0 Å². The number of nitrogens with one attached hydrogen (secondary N) is 2. The SMILES string of the molecule is O=C1CC[C@@H](C(=O)Nc2cccc(-n3cccc3)c2)N1. The number of amides is 2. The van der Waals surface area contributed by atoms with E-state index in [9.17, 15) is 9.59 Å². The molecule has 1 atom stereocenters. The zero-order valence-electron chi connectivity index (χ0n) is 10.9. The average molecular weight is 269 g/mol. The number of rotatable bonds is 3. The first-order valence-electron chi connectivity index (χ1n) is 6.56. The van der Waals surface area contributed by atoms with Crippen LogP contribution in [0.4, 0.5) is 5.69 Å². The molecule has 102 valence electrons. The fraction of sp³-hybridized carbons (Fsp3) is 0.200. The molecule has 2 aromatic rings. The van der Waals surface area contributed by atoms with Crippen LogP contribution in [0.5, 0.6) is 0 Å². The van der Waals surface area contributed by atoms with Crippen molar-refractivity contribution in [1.82, 2.24) is 9.88 Å². The number of carbonyl (C=O) groups is 2. The zero-order valence-corrected chi connectivity index (χ0v) is 10.9. The Morgan fingerprint density at radius 3 is 2.75 bits per heavy atom. The van der Waals surface area contributed by atoms with E-state index in [2.05, 4.69) is 10.6 Å². The second-order valence-corrected chi connectivity index (χ2v) is 4.79. The second kappa shape index (κ2) is 5.21.